The van der Waals surface area contributed by atoms with Crippen LogP contribution in [0.25, 0.3) is 55.0 Å². The second-order valence-electron chi connectivity index (χ2n) is 14.0. The Morgan fingerprint density at radius 2 is 1.23 bits per heavy atom. The van der Waals surface area contributed by atoms with Crippen molar-refractivity contribution < 1.29 is 9.47 Å². The van der Waals surface area contributed by atoms with Gasteiger partial charge in [0.25, 0.3) is 0 Å². The first kappa shape index (κ1) is 23.4. The highest BCUT2D eigenvalue weighted by atomic mass is 16.5. The lowest BCUT2D eigenvalue weighted by atomic mass is 9.76. The molecule has 0 bridgehead atoms. The van der Waals surface area contributed by atoms with Crippen LogP contribution in [-0.4, -0.2) is 42.4 Å². The first-order chi connectivity index (χ1) is 21.0. The Hall–Kier alpha value is -4.06. The van der Waals surface area contributed by atoms with Gasteiger partial charge in [0.1, 0.15) is 0 Å². The highest BCUT2D eigenvalue weighted by Crippen LogP contribution is 2.58. The smallest absolute Gasteiger partial charge is 0.0605 e. The largest absolute Gasteiger partial charge is 0.382 e. The van der Waals surface area contributed by atoms with Crippen LogP contribution in [0.1, 0.15) is 53.3 Å². The summed E-state index contributed by atoms with van der Waals surface area (Å²) in [6, 6.07) is 22.3. The molecule has 2 saturated heterocycles. The molecule has 5 heterocycles. The van der Waals surface area contributed by atoms with E-state index in [1.165, 1.54) is 94.2 Å². The van der Waals surface area contributed by atoms with Gasteiger partial charge < -0.3 is 24.8 Å². The molecule has 5 aliphatic rings. The van der Waals surface area contributed by atoms with Crippen LogP contribution in [0.3, 0.4) is 0 Å². The first-order valence-corrected chi connectivity index (χ1v) is 15.9. The Balaban J connectivity index is 1.17. The number of nitrogens with one attached hydrogen (secondary N) is 3. The number of aromatic nitrogens is 2. The van der Waals surface area contributed by atoms with E-state index in [0.717, 1.165) is 45.7 Å². The van der Waals surface area contributed by atoms with Crippen LogP contribution >= 0.6 is 0 Å². The molecule has 3 atom stereocenters. The SMILES string of the molecule is Cc1cc2cc3c(cc2[nH]1)-c1cc2[nH]c4cc5c(cc4c2cc1C31CCOC1)C1(CCOC1)c1cc2c(cc1-5)NC(C)C2. The Labute approximate surface area is 249 Å². The van der Waals surface area contributed by atoms with Gasteiger partial charge in [-0.1, -0.05) is 6.07 Å². The normalized spacial score (nSPS) is 26.1. The van der Waals surface area contributed by atoms with Gasteiger partial charge in [0.2, 0.25) is 0 Å². The van der Waals surface area contributed by atoms with Gasteiger partial charge in [0.05, 0.1) is 13.2 Å². The van der Waals surface area contributed by atoms with Gasteiger partial charge in [0.15, 0.2) is 0 Å². The third-order valence-electron chi connectivity index (χ3n) is 11.6. The number of hydrogen-bond acceptors (Lipinski definition) is 3. The molecule has 43 heavy (non-hydrogen) atoms. The zero-order valence-corrected chi connectivity index (χ0v) is 24.5. The van der Waals surface area contributed by atoms with Crippen LogP contribution in [0, 0.1) is 6.92 Å². The third kappa shape index (κ3) is 2.73. The van der Waals surface area contributed by atoms with Gasteiger partial charge >= 0.3 is 0 Å². The molecule has 0 radical (unpaired) electrons. The summed E-state index contributed by atoms with van der Waals surface area (Å²) in [5.41, 5.74) is 18.7. The quantitative estimate of drug-likeness (QED) is 0.176. The van der Waals surface area contributed by atoms with Gasteiger partial charge in [0, 0.05) is 68.8 Å². The van der Waals surface area contributed by atoms with Gasteiger partial charge in [-0.2, -0.15) is 0 Å². The zero-order valence-electron chi connectivity index (χ0n) is 24.5. The molecule has 2 aliphatic carbocycles. The molecule has 2 aromatic heterocycles. The average Bonchev–Trinajstić information content (AvgIpc) is 3.85. The Morgan fingerprint density at radius 3 is 1.86 bits per heavy atom. The number of rotatable bonds is 0. The van der Waals surface area contributed by atoms with E-state index in [0.29, 0.717) is 6.04 Å². The number of benzene rings is 4. The highest BCUT2D eigenvalue weighted by molar-refractivity contribution is 6.12. The molecule has 212 valence electrons. The Bertz CT molecular complexity index is 2240. The summed E-state index contributed by atoms with van der Waals surface area (Å²) in [4.78, 5) is 7.45. The Morgan fingerprint density at radius 1 is 0.651 bits per heavy atom. The molecule has 2 spiro atoms. The molecule has 11 rings (SSSR count). The summed E-state index contributed by atoms with van der Waals surface area (Å²) in [5, 5.41) is 7.65. The standard InChI is InChI=1S/C38H33N3O2/c1-19-7-21-9-29-23(13-33(21)39-19)25-15-35-27(11-31(25)37(29)3-5-42-17-37)28-12-32-26(16-36(28)41-35)24-14-34-22(8-20(2)40-34)10-30(24)38(32)4-6-43-18-38/h7,9-16,20,39-41H,3-6,8,17-18H2,1-2H3. The van der Waals surface area contributed by atoms with Crippen molar-refractivity contribution in [3.05, 3.63) is 88.1 Å². The Kier molecular flexibility index (Phi) is 4.10. The van der Waals surface area contributed by atoms with E-state index in [1.807, 2.05) is 0 Å². The van der Waals surface area contributed by atoms with Crippen LogP contribution in [0.15, 0.2) is 54.6 Å². The lowest BCUT2D eigenvalue weighted by molar-refractivity contribution is 0.185. The maximum Gasteiger partial charge on any atom is 0.0605 e. The van der Waals surface area contributed by atoms with Gasteiger partial charge in [-0.15, -0.1) is 0 Å². The molecule has 3 aliphatic heterocycles. The van der Waals surface area contributed by atoms with E-state index >= 15 is 0 Å². The minimum atomic E-state index is -0.0833. The molecule has 3 unspecified atom stereocenters. The lowest BCUT2D eigenvalue weighted by Crippen LogP contribution is -2.25. The topological polar surface area (TPSA) is 62.1 Å². The molecule has 0 saturated carbocycles. The lowest BCUT2D eigenvalue weighted by Gasteiger charge is -2.25. The third-order valence-corrected chi connectivity index (χ3v) is 11.6. The molecular weight excluding hydrogens is 530 g/mol. The summed E-state index contributed by atoms with van der Waals surface area (Å²) >= 11 is 0. The van der Waals surface area contributed by atoms with Crippen LogP contribution in [0.5, 0.6) is 0 Å². The van der Waals surface area contributed by atoms with E-state index in [2.05, 4.69) is 83.7 Å². The molecule has 5 nitrogen and oxygen atoms in total. The number of anilines is 1. The van der Waals surface area contributed by atoms with Gasteiger partial charge in [-0.05, 0) is 137 Å². The number of ether oxygens (including phenoxy) is 2. The molecule has 2 fully saturated rings. The second kappa shape index (κ2) is 7.53. The molecule has 6 aromatic rings. The first-order valence-electron chi connectivity index (χ1n) is 15.9. The molecule has 3 N–H and O–H groups in total. The fraction of sp³-hybridized carbons (Fsp3) is 0.316. The van der Waals surface area contributed by atoms with Crippen molar-refractivity contribution in [1.29, 1.82) is 0 Å². The minimum absolute atomic E-state index is 0.0595. The number of H-pyrrole nitrogens is 2. The van der Waals surface area contributed by atoms with Crippen LogP contribution < -0.4 is 5.32 Å². The summed E-state index contributed by atoms with van der Waals surface area (Å²) in [6.07, 6.45) is 3.16. The van der Waals surface area contributed by atoms with Crippen molar-refractivity contribution in [2.45, 2.75) is 50.0 Å². The average molecular weight is 564 g/mol. The van der Waals surface area contributed by atoms with E-state index in [4.69, 9.17) is 9.47 Å². The second-order valence-corrected chi connectivity index (χ2v) is 14.0. The van der Waals surface area contributed by atoms with Crippen LogP contribution in [0.2, 0.25) is 0 Å². The van der Waals surface area contributed by atoms with Crippen molar-refractivity contribution in [1.82, 2.24) is 9.97 Å². The van der Waals surface area contributed by atoms with Crippen molar-refractivity contribution in [2.75, 3.05) is 31.7 Å². The fourth-order valence-electron chi connectivity index (χ4n) is 9.66. The number of aromatic amines is 2. The number of fused-ring (bicyclic) bond motifs is 15. The van der Waals surface area contributed by atoms with Gasteiger partial charge in [-0.3, -0.25) is 0 Å². The van der Waals surface area contributed by atoms with Crippen LogP contribution in [-0.2, 0) is 26.7 Å². The van der Waals surface area contributed by atoms with Gasteiger partial charge in [-0.25, -0.2) is 0 Å². The predicted molar refractivity (Wildman–Crippen MR) is 172 cm³/mol. The van der Waals surface area contributed by atoms with Crippen molar-refractivity contribution in [2.24, 2.45) is 0 Å². The van der Waals surface area contributed by atoms with Crippen molar-refractivity contribution in [3.63, 3.8) is 0 Å². The van der Waals surface area contributed by atoms with E-state index in [1.54, 1.807) is 0 Å². The summed E-state index contributed by atoms with van der Waals surface area (Å²) < 4.78 is 12.3. The molecule has 0 amide bonds. The molecule has 5 heteroatoms. The van der Waals surface area contributed by atoms with Crippen LogP contribution in [0.4, 0.5) is 5.69 Å². The number of hydrogen-bond donors (Lipinski definition) is 3. The van der Waals surface area contributed by atoms with E-state index in [-0.39, 0.29) is 10.8 Å². The summed E-state index contributed by atoms with van der Waals surface area (Å²) in [6.45, 7) is 7.56. The minimum Gasteiger partial charge on any atom is -0.382 e. The van der Waals surface area contributed by atoms with E-state index < -0.39 is 0 Å². The predicted octanol–water partition coefficient (Wildman–Crippen LogP) is 7.84. The number of aryl methyl sites for hydroxylation is 1. The summed E-state index contributed by atoms with van der Waals surface area (Å²) in [5.74, 6) is 0. The zero-order chi connectivity index (χ0) is 28.2. The molecule has 4 aromatic carbocycles. The maximum atomic E-state index is 6.17. The monoisotopic (exact) mass is 563 g/mol. The maximum absolute atomic E-state index is 6.17. The fourth-order valence-corrected chi connectivity index (χ4v) is 9.66. The molecular formula is C38H33N3O2. The summed E-state index contributed by atoms with van der Waals surface area (Å²) in [7, 11) is 0. The highest BCUT2D eigenvalue weighted by Gasteiger charge is 2.48. The van der Waals surface area contributed by atoms with Crippen molar-refractivity contribution in [3.8, 4) is 22.3 Å². The van der Waals surface area contributed by atoms with E-state index in [9.17, 15) is 0 Å². The van der Waals surface area contributed by atoms with Crippen molar-refractivity contribution >= 4 is 38.4 Å².